The van der Waals surface area contributed by atoms with Crippen LogP contribution in [0.3, 0.4) is 0 Å². The van der Waals surface area contributed by atoms with Gasteiger partial charge in [0.25, 0.3) is 0 Å². The maximum atomic E-state index is 9.69. The average Bonchev–Trinajstić information content (AvgIpc) is 2.02. The fourth-order valence-corrected chi connectivity index (χ4v) is 0.352. The molecule has 0 amide bonds. The average molecular weight is 182 g/mol. The van der Waals surface area contributed by atoms with E-state index < -0.39 is 0 Å². The number of hydrogen-bond acceptors (Lipinski definition) is 1. The molecule has 0 heterocycles. The first-order valence-corrected chi connectivity index (χ1v) is 4.54. The fourth-order valence-electron chi connectivity index (χ4n) is 0.352. The number of hydrogen-bond donors (Lipinski definition) is 1. The van der Waals surface area contributed by atoms with E-state index in [1.54, 1.807) is 6.92 Å². The normalized spacial score (nSPS) is 11.7. The van der Waals surface area contributed by atoms with Crippen molar-refractivity contribution in [1.29, 1.82) is 0 Å². The zero-order valence-corrected chi connectivity index (χ0v) is 8.10. The van der Waals surface area contributed by atoms with Crippen LogP contribution in [0.2, 0.25) is 0 Å². The van der Waals surface area contributed by atoms with Crippen LogP contribution >= 0.6 is 11.6 Å². The van der Waals surface area contributed by atoms with Gasteiger partial charge in [-0.3, -0.25) is 0 Å². The summed E-state index contributed by atoms with van der Waals surface area (Å²) < 4.78 is 0. The molecule has 0 saturated carbocycles. The van der Waals surface area contributed by atoms with Crippen LogP contribution in [0.4, 0.5) is 0 Å². The van der Waals surface area contributed by atoms with Gasteiger partial charge in [0.1, 0.15) is 0 Å². The van der Waals surface area contributed by atoms with E-state index in [9.17, 15) is 5.11 Å². The molecule has 0 fully saturated rings. The molecular weight excluding hydrogens is 164 g/mol. The molecule has 0 aromatic rings. The fraction of sp³-hybridized carbons (Fsp3) is 1.00. The second-order valence-corrected chi connectivity index (χ2v) is 2.72. The van der Waals surface area contributed by atoms with Crippen LogP contribution in [-0.2, 0) is 5.11 Å². The number of unbranched alkanes of at least 4 members (excludes halogenated alkanes) is 2. The summed E-state index contributed by atoms with van der Waals surface area (Å²) >= 11 is 5.09. The lowest BCUT2D eigenvalue weighted by atomic mass is 10.3. The smallest absolute Gasteiger partial charge is 0.0822 e. The molecular formula is C8H18ClO2. The van der Waals surface area contributed by atoms with Crippen molar-refractivity contribution in [2.45, 2.75) is 39.2 Å². The standard InChI is InChI=1S/C5H11O.C3H7ClO/c1-2-3-4-5-6;1-3(5)2-4/h2-5H2,1H3;3,5H,2H2,1H3. The van der Waals surface area contributed by atoms with Crippen molar-refractivity contribution in [3.63, 3.8) is 0 Å². The van der Waals surface area contributed by atoms with Gasteiger partial charge in [0, 0.05) is 5.88 Å². The molecule has 0 saturated heterocycles. The van der Waals surface area contributed by atoms with Crippen molar-refractivity contribution in [3.05, 3.63) is 0 Å². The molecule has 0 spiro atoms. The van der Waals surface area contributed by atoms with Gasteiger partial charge in [-0.1, -0.05) is 19.8 Å². The van der Waals surface area contributed by atoms with Gasteiger partial charge >= 0.3 is 0 Å². The minimum atomic E-state index is -0.350. The van der Waals surface area contributed by atoms with Crippen LogP contribution in [0, 0.1) is 0 Å². The Kier molecular flexibility index (Phi) is 16.1. The van der Waals surface area contributed by atoms with Crippen LogP contribution in [0.15, 0.2) is 0 Å². The molecule has 1 atom stereocenters. The summed E-state index contributed by atoms with van der Waals surface area (Å²) in [5.74, 6) is 0.333. The van der Waals surface area contributed by atoms with Gasteiger partial charge in [-0.05, 0) is 13.3 Å². The van der Waals surface area contributed by atoms with Gasteiger partial charge in [-0.2, -0.15) is 0 Å². The molecule has 0 aromatic heterocycles. The molecule has 0 aliphatic rings. The predicted molar refractivity (Wildman–Crippen MR) is 47.5 cm³/mol. The Bertz CT molecular complexity index is 54.1. The van der Waals surface area contributed by atoms with Crippen LogP contribution in [0.1, 0.15) is 33.1 Å². The number of aliphatic hydroxyl groups is 1. The van der Waals surface area contributed by atoms with Crippen molar-refractivity contribution in [2.24, 2.45) is 0 Å². The molecule has 1 N–H and O–H groups in total. The van der Waals surface area contributed by atoms with Crippen molar-refractivity contribution in [3.8, 4) is 0 Å². The third kappa shape index (κ3) is 25.4. The third-order valence-corrected chi connectivity index (χ3v) is 1.42. The highest BCUT2D eigenvalue weighted by Gasteiger charge is 1.84. The predicted octanol–water partition coefficient (Wildman–Crippen LogP) is 2.21. The highest BCUT2D eigenvalue weighted by Crippen LogP contribution is 1.89. The monoisotopic (exact) mass is 181 g/mol. The summed E-state index contributed by atoms with van der Waals surface area (Å²) in [5, 5.41) is 17.9. The first kappa shape index (κ1) is 13.8. The SMILES string of the molecule is CC(O)CCl.CCCCC[O]. The van der Waals surface area contributed by atoms with Gasteiger partial charge in [-0.15, -0.1) is 11.6 Å². The van der Waals surface area contributed by atoms with E-state index in [4.69, 9.17) is 16.7 Å². The summed E-state index contributed by atoms with van der Waals surface area (Å²) in [4.78, 5) is 0. The summed E-state index contributed by atoms with van der Waals surface area (Å²) in [6, 6.07) is 0. The first-order valence-electron chi connectivity index (χ1n) is 4.01. The maximum Gasteiger partial charge on any atom is 0.0822 e. The van der Waals surface area contributed by atoms with Gasteiger partial charge in [-0.25, -0.2) is 5.11 Å². The highest BCUT2D eigenvalue weighted by atomic mass is 35.5. The molecule has 0 rings (SSSR count). The Morgan fingerprint density at radius 3 is 2.00 bits per heavy atom. The number of halogens is 1. The van der Waals surface area contributed by atoms with E-state index >= 15 is 0 Å². The van der Waals surface area contributed by atoms with E-state index in [2.05, 4.69) is 6.92 Å². The molecule has 1 radical (unpaired) electrons. The van der Waals surface area contributed by atoms with E-state index in [0.717, 1.165) is 19.3 Å². The summed E-state index contributed by atoms with van der Waals surface area (Å²) in [5.41, 5.74) is 0. The second-order valence-electron chi connectivity index (χ2n) is 2.41. The summed E-state index contributed by atoms with van der Waals surface area (Å²) in [7, 11) is 0. The topological polar surface area (TPSA) is 40.1 Å². The van der Waals surface area contributed by atoms with Crippen molar-refractivity contribution in [2.75, 3.05) is 12.5 Å². The zero-order valence-electron chi connectivity index (χ0n) is 7.35. The Morgan fingerprint density at radius 1 is 1.45 bits per heavy atom. The molecule has 11 heavy (non-hydrogen) atoms. The quantitative estimate of drug-likeness (QED) is 0.525. The van der Waals surface area contributed by atoms with E-state index in [1.165, 1.54) is 0 Å². The van der Waals surface area contributed by atoms with E-state index in [0.29, 0.717) is 5.88 Å². The van der Waals surface area contributed by atoms with Crippen molar-refractivity contribution in [1.82, 2.24) is 0 Å². The lowest BCUT2D eigenvalue weighted by molar-refractivity contribution is 0.186. The zero-order chi connectivity index (χ0) is 9.11. The number of alkyl halides is 1. The van der Waals surface area contributed by atoms with E-state index in [-0.39, 0.29) is 12.7 Å². The van der Waals surface area contributed by atoms with Crippen LogP contribution in [-0.4, -0.2) is 23.7 Å². The maximum absolute atomic E-state index is 9.69. The largest absolute Gasteiger partial charge is 0.392 e. The van der Waals surface area contributed by atoms with Crippen LogP contribution < -0.4 is 0 Å². The summed E-state index contributed by atoms with van der Waals surface area (Å²) in [6.07, 6.45) is 2.76. The molecule has 2 nitrogen and oxygen atoms in total. The van der Waals surface area contributed by atoms with E-state index in [1.807, 2.05) is 0 Å². The number of rotatable bonds is 4. The molecule has 3 heteroatoms. The Labute approximate surface area is 74.2 Å². The molecule has 0 aromatic carbocycles. The molecule has 0 aliphatic carbocycles. The van der Waals surface area contributed by atoms with Crippen LogP contribution in [0.25, 0.3) is 0 Å². The lowest BCUT2D eigenvalue weighted by Gasteiger charge is -1.88. The van der Waals surface area contributed by atoms with Gasteiger partial charge in [0.15, 0.2) is 0 Å². The van der Waals surface area contributed by atoms with Gasteiger partial charge < -0.3 is 5.11 Å². The number of aliphatic hydroxyl groups excluding tert-OH is 1. The second kappa shape index (κ2) is 12.8. The molecule has 0 aliphatic heterocycles. The first-order chi connectivity index (χ1) is 5.18. The van der Waals surface area contributed by atoms with Crippen molar-refractivity contribution < 1.29 is 10.2 Å². The van der Waals surface area contributed by atoms with Gasteiger partial charge in [0.05, 0.1) is 12.7 Å². The third-order valence-electron chi connectivity index (χ3n) is 0.971. The Morgan fingerprint density at radius 2 is 1.91 bits per heavy atom. The minimum Gasteiger partial charge on any atom is -0.392 e. The van der Waals surface area contributed by atoms with Gasteiger partial charge in [0.2, 0.25) is 0 Å². The molecule has 69 valence electrons. The van der Waals surface area contributed by atoms with Crippen molar-refractivity contribution >= 4 is 11.6 Å². The Balaban J connectivity index is 0. The van der Waals surface area contributed by atoms with Crippen LogP contribution in [0.5, 0.6) is 0 Å². The Hall–Kier alpha value is 0.210. The summed E-state index contributed by atoms with van der Waals surface area (Å²) in [6.45, 7) is 3.84. The molecule has 1 unspecified atom stereocenters. The lowest BCUT2D eigenvalue weighted by Crippen LogP contribution is -1.98. The minimum absolute atomic E-state index is 0.105. The molecule has 0 bridgehead atoms. The highest BCUT2D eigenvalue weighted by molar-refractivity contribution is 6.18.